The summed E-state index contributed by atoms with van der Waals surface area (Å²) in [5.41, 5.74) is -0.116. The molecule has 0 aromatic rings. The van der Waals surface area contributed by atoms with E-state index in [2.05, 4.69) is 6.92 Å². The van der Waals surface area contributed by atoms with Gasteiger partial charge < -0.3 is 4.74 Å². The van der Waals surface area contributed by atoms with E-state index >= 15 is 0 Å². The Morgan fingerprint density at radius 3 is 2.67 bits per heavy atom. The minimum absolute atomic E-state index is 0.116. The number of hydrogen-bond donors (Lipinski definition) is 0. The smallest absolute Gasteiger partial charge is 0.303 e. The van der Waals surface area contributed by atoms with Gasteiger partial charge in [-0.2, -0.15) is 0 Å². The molecule has 2 bridgehead atoms. The predicted molar refractivity (Wildman–Crippen MR) is 45.6 cm³/mol. The Morgan fingerprint density at radius 2 is 2.25 bits per heavy atom. The van der Waals surface area contributed by atoms with Crippen LogP contribution in [0.25, 0.3) is 0 Å². The second-order valence-electron chi connectivity index (χ2n) is 4.49. The SMILES string of the molecule is CC(=O)O[C@@]1(C)C[C@H]2CC[C@H]1C2. The fourth-order valence-electron chi connectivity index (χ4n) is 3.01. The molecule has 0 unspecified atom stereocenters. The van der Waals surface area contributed by atoms with E-state index in [1.807, 2.05) is 0 Å². The first-order valence-corrected chi connectivity index (χ1v) is 4.80. The summed E-state index contributed by atoms with van der Waals surface area (Å²) < 4.78 is 5.39. The molecule has 12 heavy (non-hydrogen) atoms. The first-order valence-electron chi connectivity index (χ1n) is 4.80. The molecule has 2 nitrogen and oxygen atoms in total. The topological polar surface area (TPSA) is 26.3 Å². The third-order valence-corrected chi connectivity index (χ3v) is 3.48. The Hall–Kier alpha value is -0.530. The molecule has 2 aliphatic rings. The fraction of sp³-hybridized carbons (Fsp3) is 0.900. The van der Waals surface area contributed by atoms with Gasteiger partial charge in [0, 0.05) is 6.92 Å². The van der Waals surface area contributed by atoms with Crippen molar-refractivity contribution in [3.63, 3.8) is 0 Å². The molecule has 0 radical (unpaired) electrons. The second kappa shape index (κ2) is 2.48. The van der Waals surface area contributed by atoms with Crippen LogP contribution in [-0.4, -0.2) is 11.6 Å². The summed E-state index contributed by atoms with van der Waals surface area (Å²) >= 11 is 0. The third-order valence-electron chi connectivity index (χ3n) is 3.48. The van der Waals surface area contributed by atoms with Crippen LogP contribution in [0.2, 0.25) is 0 Å². The molecule has 0 N–H and O–H groups in total. The van der Waals surface area contributed by atoms with E-state index in [0.29, 0.717) is 5.92 Å². The van der Waals surface area contributed by atoms with Crippen molar-refractivity contribution in [1.29, 1.82) is 0 Å². The lowest BCUT2D eigenvalue weighted by molar-refractivity contribution is -0.160. The first-order chi connectivity index (χ1) is 5.60. The maximum absolute atomic E-state index is 10.9. The fourth-order valence-corrected chi connectivity index (χ4v) is 3.01. The summed E-state index contributed by atoms with van der Waals surface area (Å²) in [6.07, 6.45) is 4.98. The lowest BCUT2D eigenvalue weighted by Gasteiger charge is -2.33. The highest BCUT2D eigenvalue weighted by Gasteiger charge is 2.50. The van der Waals surface area contributed by atoms with Gasteiger partial charge in [0.05, 0.1) is 0 Å². The molecule has 2 heteroatoms. The number of hydrogen-bond acceptors (Lipinski definition) is 2. The van der Waals surface area contributed by atoms with Crippen LogP contribution in [0.1, 0.15) is 39.5 Å². The summed E-state index contributed by atoms with van der Waals surface area (Å²) in [6, 6.07) is 0. The number of carbonyl (C=O) groups excluding carboxylic acids is 1. The van der Waals surface area contributed by atoms with E-state index in [9.17, 15) is 4.79 Å². The molecule has 68 valence electrons. The second-order valence-corrected chi connectivity index (χ2v) is 4.49. The molecule has 2 saturated carbocycles. The molecule has 0 saturated heterocycles. The van der Waals surface area contributed by atoms with Crippen molar-refractivity contribution >= 4 is 5.97 Å². The lowest BCUT2D eigenvalue weighted by Crippen LogP contribution is -2.36. The maximum atomic E-state index is 10.9. The Bertz CT molecular complexity index is 212. The van der Waals surface area contributed by atoms with Gasteiger partial charge in [0.25, 0.3) is 0 Å². The van der Waals surface area contributed by atoms with E-state index in [-0.39, 0.29) is 11.6 Å². The van der Waals surface area contributed by atoms with Gasteiger partial charge in [-0.3, -0.25) is 4.79 Å². The van der Waals surface area contributed by atoms with Gasteiger partial charge >= 0.3 is 5.97 Å². The summed E-state index contributed by atoms with van der Waals surface area (Å²) in [5, 5.41) is 0. The molecule has 2 fully saturated rings. The molecular weight excluding hydrogens is 152 g/mol. The lowest BCUT2D eigenvalue weighted by atomic mass is 9.86. The zero-order chi connectivity index (χ0) is 8.77. The van der Waals surface area contributed by atoms with Crippen molar-refractivity contribution < 1.29 is 9.53 Å². The number of esters is 1. The summed E-state index contributed by atoms with van der Waals surface area (Å²) in [6.45, 7) is 3.61. The van der Waals surface area contributed by atoms with Crippen LogP contribution < -0.4 is 0 Å². The van der Waals surface area contributed by atoms with Crippen molar-refractivity contribution in [2.75, 3.05) is 0 Å². The average Bonchev–Trinajstić information content (AvgIpc) is 2.42. The van der Waals surface area contributed by atoms with E-state index in [0.717, 1.165) is 12.3 Å². The van der Waals surface area contributed by atoms with Gasteiger partial charge in [0.15, 0.2) is 0 Å². The predicted octanol–water partition coefficient (Wildman–Crippen LogP) is 2.13. The van der Waals surface area contributed by atoms with E-state index in [1.165, 1.54) is 26.2 Å². The highest BCUT2D eigenvalue weighted by atomic mass is 16.6. The number of carbonyl (C=O) groups is 1. The maximum Gasteiger partial charge on any atom is 0.303 e. The highest BCUT2D eigenvalue weighted by Crippen LogP contribution is 2.52. The van der Waals surface area contributed by atoms with Crippen molar-refractivity contribution in [3.8, 4) is 0 Å². The number of fused-ring (bicyclic) bond motifs is 2. The van der Waals surface area contributed by atoms with Gasteiger partial charge in [-0.1, -0.05) is 0 Å². The Balaban J connectivity index is 2.07. The van der Waals surface area contributed by atoms with Crippen molar-refractivity contribution in [3.05, 3.63) is 0 Å². The molecular formula is C10H16O2. The molecule has 0 aliphatic heterocycles. The minimum atomic E-state index is -0.120. The molecule has 2 rings (SSSR count). The van der Waals surface area contributed by atoms with Gasteiger partial charge in [0.2, 0.25) is 0 Å². The van der Waals surface area contributed by atoms with Crippen molar-refractivity contribution in [1.82, 2.24) is 0 Å². The zero-order valence-corrected chi connectivity index (χ0v) is 7.80. The van der Waals surface area contributed by atoms with Crippen LogP contribution in [0.5, 0.6) is 0 Å². The van der Waals surface area contributed by atoms with Gasteiger partial charge in [-0.05, 0) is 44.4 Å². The molecule has 0 aromatic carbocycles. The third kappa shape index (κ3) is 1.13. The monoisotopic (exact) mass is 168 g/mol. The Morgan fingerprint density at radius 1 is 1.50 bits per heavy atom. The first kappa shape index (κ1) is 8.09. The van der Waals surface area contributed by atoms with Crippen molar-refractivity contribution in [2.45, 2.75) is 45.1 Å². The molecule has 0 heterocycles. The summed E-state index contributed by atoms with van der Waals surface area (Å²) in [7, 11) is 0. The van der Waals surface area contributed by atoms with Crippen molar-refractivity contribution in [2.24, 2.45) is 11.8 Å². The molecule has 0 aromatic heterocycles. The quantitative estimate of drug-likeness (QED) is 0.561. The van der Waals surface area contributed by atoms with Crippen LogP contribution >= 0.6 is 0 Å². The molecule has 0 amide bonds. The van der Waals surface area contributed by atoms with Crippen LogP contribution in [0.15, 0.2) is 0 Å². The minimum Gasteiger partial charge on any atom is -0.459 e. The molecule has 3 atom stereocenters. The summed E-state index contributed by atoms with van der Waals surface area (Å²) in [4.78, 5) is 10.9. The Labute approximate surface area is 73.3 Å². The van der Waals surface area contributed by atoms with Crippen LogP contribution in [0.4, 0.5) is 0 Å². The number of ether oxygens (including phenoxy) is 1. The standard InChI is InChI=1S/C10H16O2/c1-7(11)12-10(2)6-8-3-4-9(10)5-8/h8-9H,3-6H2,1-2H3/t8-,9-,10-/m0/s1. The van der Waals surface area contributed by atoms with E-state index in [4.69, 9.17) is 4.74 Å². The van der Waals surface area contributed by atoms with Gasteiger partial charge in [0.1, 0.15) is 5.60 Å². The largest absolute Gasteiger partial charge is 0.459 e. The van der Waals surface area contributed by atoms with E-state index < -0.39 is 0 Å². The van der Waals surface area contributed by atoms with Gasteiger partial charge in [-0.15, -0.1) is 0 Å². The average molecular weight is 168 g/mol. The number of rotatable bonds is 1. The highest BCUT2D eigenvalue weighted by molar-refractivity contribution is 5.66. The summed E-state index contributed by atoms with van der Waals surface area (Å²) in [5.74, 6) is 1.36. The van der Waals surface area contributed by atoms with Gasteiger partial charge in [-0.25, -0.2) is 0 Å². The normalized spacial score (nSPS) is 44.8. The molecule has 2 aliphatic carbocycles. The molecule has 0 spiro atoms. The van der Waals surface area contributed by atoms with Crippen LogP contribution in [0, 0.1) is 11.8 Å². The van der Waals surface area contributed by atoms with Crippen LogP contribution in [-0.2, 0) is 9.53 Å². The van der Waals surface area contributed by atoms with Crippen LogP contribution in [0.3, 0.4) is 0 Å². The zero-order valence-electron chi connectivity index (χ0n) is 7.80. The Kier molecular flexibility index (Phi) is 1.67. The van der Waals surface area contributed by atoms with E-state index in [1.54, 1.807) is 0 Å².